The van der Waals surface area contributed by atoms with E-state index in [4.69, 9.17) is 9.84 Å². The van der Waals surface area contributed by atoms with Gasteiger partial charge in [-0.05, 0) is 37.0 Å². The SMILES string of the molecule is COCCN(CCO)Cc1nn(-c2ccccc2)c2c1CCC2. The van der Waals surface area contributed by atoms with Gasteiger partial charge in [-0.2, -0.15) is 5.10 Å². The molecule has 124 valence electrons. The van der Waals surface area contributed by atoms with Crippen LogP contribution in [-0.4, -0.2) is 53.2 Å². The lowest BCUT2D eigenvalue weighted by molar-refractivity contribution is 0.126. The second-order valence-corrected chi connectivity index (χ2v) is 5.97. The Kier molecular flexibility index (Phi) is 5.43. The number of fused-ring (bicyclic) bond motifs is 1. The molecule has 1 aliphatic carbocycles. The molecule has 0 saturated carbocycles. The Hall–Kier alpha value is -1.69. The van der Waals surface area contributed by atoms with Crippen molar-refractivity contribution >= 4 is 0 Å². The summed E-state index contributed by atoms with van der Waals surface area (Å²) in [4.78, 5) is 2.21. The average molecular weight is 315 g/mol. The van der Waals surface area contributed by atoms with E-state index in [0.29, 0.717) is 13.2 Å². The molecule has 0 saturated heterocycles. The fourth-order valence-electron chi connectivity index (χ4n) is 3.27. The Bertz CT molecular complexity index is 625. The highest BCUT2D eigenvalue weighted by Gasteiger charge is 2.24. The molecule has 0 radical (unpaired) electrons. The van der Waals surface area contributed by atoms with Crippen LogP contribution in [0.5, 0.6) is 0 Å². The van der Waals surface area contributed by atoms with E-state index < -0.39 is 0 Å². The smallest absolute Gasteiger partial charge is 0.0804 e. The van der Waals surface area contributed by atoms with Gasteiger partial charge in [-0.3, -0.25) is 4.90 Å². The van der Waals surface area contributed by atoms with Gasteiger partial charge in [0.2, 0.25) is 0 Å². The van der Waals surface area contributed by atoms with Crippen molar-refractivity contribution in [3.8, 4) is 5.69 Å². The Morgan fingerprint density at radius 2 is 2.04 bits per heavy atom. The number of aromatic nitrogens is 2. The van der Waals surface area contributed by atoms with E-state index in [9.17, 15) is 5.11 Å². The summed E-state index contributed by atoms with van der Waals surface area (Å²) in [6, 6.07) is 10.3. The van der Waals surface area contributed by atoms with Crippen LogP contribution in [0.4, 0.5) is 0 Å². The van der Waals surface area contributed by atoms with Crippen molar-refractivity contribution in [3.63, 3.8) is 0 Å². The van der Waals surface area contributed by atoms with Crippen LogP contribution in [0.25, 0.3) is 5.69 Å². The standard InChI is InChI=1S/C18H25N3O2/c1-23-13-11-20(10-12-22)14-17-16-8-5-9-18(16)21(19-17)15-6-3-2-4-7-15/h2-4,6-7,22H,5,8-14H2,1H3. The third-order valence-corrected chi connectivity index (χ3v) is 4.42. The van der Waals surface area contributed by atoms with Gasteiger partial charge in [-0.25, -0.2) is 4.68 Å². The summed E-state index contributed by atoms with van der Waals surface area (Å²) in [5, 5.41) is 14.2. The van der Waals surface area contributed by atoms with Gasteiger partial charge in [0.15, 0.2) is 0 Å². The van der Waals surface area contributed by atoms with E-state index in [1.165, 1.54) is 17.7 Å². The highest BCUT2D eigenvalue weighted by atomic mass is 16.5. The summed E-state index contributed by atoms with van der Waals surface area (Å²) >= 11 is 0. The first kappa shape index (κ1) is 16.2. The fraction of sp³-hybridized carbons (Fsp3) is 0.500. The van der Waals surface area contributed by atoms with Crippen LogP contribution in [0.1, 0.15) is 23.4 Å². The molecule has 1 heterocycles. The van der Waals surface area contributed by atoms with Crippen LogP contribution in [0.15, 0.2) is 30.3 Å². The van der Waals surface area contributed by atoms with Gasteiger partial charge in [0.1, 0.15) is 0 Å². The minimum atomic E-state index is 0.158. The molecule has 1 aromatic carbocycles. The number of aliphatic hydroxyl groups is 1. The summed E-state index contributed by atoms with van der Waals surface area (Å²) in [5.41, 5.74) is 5.02. The third-order valence-electron chi connectivity index (χ3n) is 4.42. The summed E-state index contributed by atoms with van der Waals surface area (Å²) < 4.78 is 7.28. The average Bonchev–Trinajstić information content (AvgIpc) is 3.17. The van der Waals surface area contributed by atoms with Gasteiger partial charge in [0.25, 0.3) is 0 Å². The molecule has 1 N–H and O–H groups in total. The van der Waals surface area contributed by atoms with E-state index in [1.807, 2.05) is 6.07 Å². The molecule has 0 amide bonds. The maximum Gasteiger partial charge on any atom is 0.0804 e. The molecule has 0 unspecified atom stereocenters. The van der Waals surface area contributed by atoms with Crippen LogP contribution < -0.4 is 0 Å². The van der Waals surface area contributed by atoms with Crippen molar-refractivity contribution in [2.45, 2.75) is 25.8 Å². The van der Waals surface area contributed by atoms with Crippen LogP contribution in [-0.2, 0) is 24.1 Å². The Morgan fingerprint density at radius 3 is 2.78 bits per heavy atom. The summed E-state index contributed by atoms with van der Waals surface area (Å²) in [6.45, 7) is 3.05. The van der Waals surface area contributed by atoms with E-state index in [2.05, 4.69) is 33.8 Å². The Balaban J connectivity index is 1.85. The van der Waals surface area contributed by atoms with Gasteiger partial charge in [0, 0.05) is 32.4 Å². The van der Waals surface area contributed by atoms with Crippen LogP contribution in [0.2, 0.25) is 0 Å². The predicted molar refractivity (Wildman–Crippen MR) is 89.8 cm³/mol. The number of rotatable bonds is 8. The maximum absolute atomic E-state index is 9.28. The van der Waals surface area contributed by atoms with E-state index in [-0.39, 0.29) is 6.61 Å². The normalized spacial score (nSPS) is 13.7. The van der Waals surface area contributed by atoms with Crippen LogP contribution >= 0.6 is 0 Å². The number of ether oxygens (including phenoxy) is 1. The molecule has 5 nitrogen and oxygen atoms in total. The number of benzene rings is 1. The van der Waals surface area contributed by atoms with Crippen molar-refractivity contribution < 1.29 is 9.84 Å². The number of hydrogen-bond donors (Lipinski definition) is 1. The molecular formula is C18H25N3O2. The molecule has 0 bridgehead atoms. The fourth-order valence-corrected chi connectivity index (χ4v) is 3.27. The molecule has 3 rings (SSSR count). The van der Waals surface area contributed by atoms with E-state index in [1.54, 1.807) is 7.11 Å². The highest BCUT2D eigenvalue weighted by molar-refractivity contribution is 5.39. The first-order chi connectivity index (χ1) is 11.3. The Morgan fingerprint density at radius 1 is 1.22 bits per heavy atom. The molecule has 2 aromatic rings. The molecule has 0 aliphatic heterocycles. The number of para-hydroxylation sites is 1. The number of methoxy groups -OCH3 is 1. The van der Waals surface area contributed by atoms with Crippen molar-refractivity contribution in [1.29, 1.82) is 0 Å². The molecular weight excluding hydrogens is 290 g/mol. The predicted octanol–water partition coefficient (Wildman–Crippen LogP) is 1.80. The number of hydrogen-bond acceptors (Lipinski definition) is 4. The molecule has 5 heteroatoms. The van der Waals surface area contributed by atoms with Crippen molar-refractivity contribution in [1.82, 2.24) is 14.7 Å². The van der Waals surface area contributed by atoms with E-state index >= 15 is 0 Å². The lowest BCUT2D eigenvalue weighted by Crippen LogP contribution is -2.30. The zero-order valence-corrected chi connectivity index (χ0v) is 13.7. The minimum absolute atomic E-state index is 0.158. The third kappa shape index (κ3) is 3.63. The summed E-state index contributed by atoms with van der Waals surface area (Å²) in [7, 11) is 1.71. The molecule has 0 fully saturated rings. The van der Waals surface area contributed by atoms with Gasteiger partial charge < -0.3 is 9.84 Å². The lowest BCUT2D eigenvalue weighted by Gasteiger charge is -2.20. The minimum Gasteiger partial charge on any atom is -0.395 e. The van der Waals surface area contributed by atoms with Gasteiger partial charge in [-0.1, -0.05) is 18.2 Å². The van der Waals surface area contributed by atoms with Crippen molar-refractivity contribution in [3.05, 3.63) is 47.3 Å². The van der Waals surface area contributed by atoms with Crippen LogP contribution in [0, 0.1) is 0 Å². The first-order valence-corrected chi connectivity index (χ1v) is 8.30. The maximum atomic E-state index is 9.28. The van der Waals surface area contributed by atoms with Crippen LogP contribution in [0.3, 0.4) is 0 Å². The lowest BCUT2D eigenvalue weighted by atomic mass is 10.2. The molecule has 1 aromatic heterocycles. The van der Waals surface area contributed by atoms with Gasteiger partial charge in [-0.15, -0.1) is 0 Å². The Labute approximate surface area is 137 Å². The zero-order valence-electron chi connectivity index (χ0n) is 13.7. The number of aliphatic hydroxyl groups excluding tert-OH is 1. The quantitative estimate of drug-likeness (QED) is 0.807. The van der Waals surface area contributed by atoms with Gasteiger partial charge >= 0.3 is 0 Å². The molecule has 1 aliphatic rings. The molecule has 0 spiro atoms. The molecule has 0 atom stereocenters. The topological polar surface area (TPSA) is 50.5 Å². The second kappa shape index (κ2) is 7.73. The summed E-state index contributed by atoms with van der Waals surface area (Å²) in [5.74, 6) is 0. The largest absolute Gasteiger partial charge is 0.395 e. The van der Waals surface area contributed by atoms with E-state index in [0.717, 1.165) is 37.3 Å². The van der Waals surface area contributed by atoms with Crippen molar-refractivity contribution in [2.75, 3.05) is 33.4 Å². The molecule has 23 heavy (non-hydrogen) atoms. The van der Waals surface area contributed by atoms with Crippen molar-refractivity contribution in [2.24, 2.45) is 0 Å². The second-order valence-electron chi connectivity index (χ2n) is 5.97. The highest BCUT2D eigenvalue weighted by Crippen LogP contribution is 2.28. The van der Waals surface area contributed by atoms with Gasteiger partial charge in [0.05, 0.1) is 24.6 Å². The number of nitrogens with zero attached hydrogens (tertiary/aromatic N) is 3. The monoisotopic (exact) mass is 315 g/mol. The first-order valence-electron chi connectivity index (χ1n) is 8.30. The summed E-state index contributed by atoms with van der Waals surface area (Å²) in [6.07, 6.45) is 3.40. The zero-order chi connectivity index (χ0) is 16.1.